The van der Waals surface area contributed by atoms with Gasteiger partial charge in [-0.1, -0.05) is 18.2 Å². The lowest BCUT2D eigenvalue weighted by molar-refractivity contribution is -0.122. The Balaban J connectivity index is 1.82. The molecule has 2 atom stereocenters. The minimum absolute atomic E-state index is 0.0960. The van der Waals surface area contributed by atoms with Gasteiger partial charge in [0.25, 0.3) is 0 Å². The number of carbonyl (C=O) groups is 1. The van der Waals surface area contributed by atoms with Crippen LogP contribution in [0.3, 0.4) is 0 Å². The molecule has 0 fully saturated rings. The van der Waals surface area contributed by atoms with E-state index in [9.17, 15) is 9.90 Å². The molecular weight excluding hydrogens is 232 g/mol. The summed E-state index contributed by atoms with van der Waals surface area (Å²) in [5.41, 5.74) is 2.16. The van der Waals surface area contributed by atoms with Crippen molar-refractivity contribution in [1.82, 2.24) is 5.32 Å². The van der Waals surface area contributed by atoms with Gasteiger partial charge in [-0.05, 0) is 11.6 Å². The molecule has 18 heavy (non-hydrogen) atoms. The summed E-state index contributed by atoms with van der Waals surface area (Å²) in [6.45, 7) is 0.430. The topological polar surface area (TPSA) is 70.6 Å². The number of benzene rings is 1. The number of ether oxygens (including phenoxy) is 1. The van der Waals surface area contributed by atoms with E-state index in [0.717, 1.165) is 11.3 Å². The molecule has 0 saturated heterocycles. The van der Waals surface area contributed by atoms with Crippen LogP contribution >= 0.6 is 0 Å². The van der Waals surface area contributed by atoms with Crippen molar-refractivity contribution >= 4 is 11.6 Å². The molecule has 0 aliphatic carbocycles. The molecule has 0 spiro atoms. The van der Waals surface area contributed by atoms with Gasteiger partial charge in [-0.2, -0.15) is 0 Å². The molecule has 0 aromatic heterocycles. The first-order chi connectivity index (χ1) is 8.70. The number of fused-ring (bicyclic) bond motifs is 1. The van der Waals surface area contributed by atoms with Gasteiger partial charge in [0.05, 0.1) is 12.7 Å². The lowest BCUT2D eigenvalue weighted by Crippen LogP contribution is -2.42. The first kappa shape index (κ1) is 12.9. The highest BCUT2D eigenvalue weighted by molar-refractivity contribution is 5.87. The Hall–Kier alpha value is -1.59. The highest BCUT2D eigenvalue weighted by Gasteiger charge is 2.26. The van der Waals surface area contributed by atoms with E-state index < -0.39 is 6.10 Å². The average Bonchev–Trinajstić information content (AvgIpc) is 2.80. The Morgan fingerprint density at radius 2 is 2.39 bits per heavy atom. The van der Waals surface area contributed by atoms with Crippen LogP contribution in [0.1, 0.15) is 5.56 Å². The van der Waals surface area contributed by atoms with E-state index in [0.29, 0.717) is 6.42 Å². The van der Waals surface area contributed by atoms with Crippen molar-refractivity contribution < 1.29 is 14.6 Å². The van der Waals surface area contributed by atoms with Crippen LogP contribution in [0.5, 0.6) is 0 Å². The number of methoxy groups -OCH3 is 1. The Morgan fingerprint density at radius 3 is 3.11 bits per heavy atom. The third-order valence-corrected chi connectivity index (χ3v) is 2.96. The fourth-order valence-corrected chi connectivity index (χ4v) is 2.05. The van der Waals surface area contributed by atoms with Gasteiger partial charge in [0.2, 0.25) is 5.91 Å². The zero-order valence-electron chi connectivity index (χ0n) is 10.3. The number of para-hydroxylation sites is 1. The fraction of sp³-hybridized carbons (Fsp3) is 0.462. The minimum Gasteiger partial charge on any atom is -0.389 e. The van der Waals surface area contributed by atoms with Crippen molar-refractivity contribution in [1.29, 1.82) is 0 Å². The first-order valence-corrected chi connectivity index (χ1v) is 6.00. The van der Waals surface area contributed by atoms with Gasteiger partial charge in [-0.15, -0.1) is 0 Å². The Kier molecular flexibility index (Phi) is 4.17. The monoisotopic (exact) mass is 250 g/mol. The van der Waals surface area contributed by atoms with E-state index in [1.54, 1.807) is 0 Å². The van der Waals surface area contributed by atoms with Crippen molar-refractivity contribution in [2.24, 2.45) is 0 Å². The Bertz CT molecular complexity index is 397. The maximum atomic E-state index is 11.9. The van der Waals surface area contributed by atoms with Crippen molar-refractivity contribution in [3.05, 3.63) is 29.8 Å². The summed E-state index contributed by atoms with van der Waals surface area (Å²) in [5.74, 6) is -0.0960. The van der Waals surface area contributed by atoms with Crippen LogP contribution in [0.25, 0.3) is 0 Å². The summed E-state index contributed by atoms with van der Waals surface area (Å²) in [7, 11) is 1.51. The number of rotatable bonds is 5. The van der Waals surface area contributed by atoms with Crippen molar-refractivity contribution in [2.45, 2.75) is 18.6 Å². The summed E-state index contributed by atoms with van der Waals surface area (Å²) in [4.78, 5) is 11.9. The molecule has 1 aromatic rings. The van der Waals surface area contributed by atoms with E-state index in [2.05, 4.69) is 10.6 Å². The number of hydrogen-bond donors (Lipinski definition) is 3. The highest BCUT2D eigenvalue weighted by atomic mass is 16.5. The molecule has 1 heterocycles. The van der Waals surface area contributed by atoms with Crippen molar-refractivity contribution in [3.63, 3.8) is 0 Å². The Morgan fingerprint density at radius 1 is 1.61 bits per heavy atom. The molecule has 5 heteroatoms. The lowest BCUT2D eigenvalue weighted by atomic mass is 10.1. The largest absolute Gasteiger partial charge is 0.389 e. The minimum atomic E-state index is -0.664. The zero-order valence-corrected chi connectivity index (χ0v) is 10.3. The SMILES string of the molecule is COCC(O)CNC(=O)C1Cc2ccccc2N1. The number of nitrogens with one attached hydrogen (secondary N) is 2. The maximum Gasteiger partial charge on any atom is 0.242 e. The maximum absolute atomic E-state index is 11.9. The van der Waals surface area contributed by atoms with Gasteiger partial charge >= 0.3 is 0 Å². The molecule has 0 bridgehead atoms. The predicted molar refractivity (Wildman–Crippen MR) is 68.4 cm³/mol. The highest BCUT2D eigenvalue weighted by Crippen LogP contribution is 2.24. The van der Waals surface area contributed by atoms with Crippen LogP contribution in [0.2, 0.25) is 0 Å². The van der Waals surface area contributed by atoms with Gasteiger partial charge in [-0.25, -0.2) is 0 Å². The first-order valence-electron chi connectivity index (χ1n) is 6.00. The third kappa shape index (κ3) is 3.00. The van der Waals surface area contributed by atoms with Crippen LogP contribution in [-0.2, 0) is 16.0 Å². The summed E-state index contributed by atoms with van der Waals surface area (Å²) in [6, 6.07) is 7.62. The molecule has 98 valence electrons. The fourth-order valence-electron chi connectivity index (χ4n) is 2.05. The number of aliphatic hydroxyl groups excluding tert-OH is 1. The normalized spacial score (nSPS) is 18.9. The second kappa shape index (κ2) is 5.84. The summed E-state index contributed by atoms with van der Waals surface area (Å²) >= 11 is 0. The smallest absolute Gasteiger partial charge is 0.242 e. The molecule has 1 aromatic carbocycles. The van der Waals surface area contributed by atoms with Crippen molar-refractivity contribution in [2.75, 3.05) is 25.6 Å². The average molecular weight is 250 g/mol. The standard InChI is InChI=1S/C13H18N2O3/c1-18-8-10(16)7-14-13(17)12-6-9-4-2-3-5-11(9)15-12/h2-5,10,12,15-16H,6-8H2,1H3,(H,14,17). The number of hydrogen-bond acceptors (Lipinski definition) is 4. The van der Waals surface area contributed by atoms with Gasteiger partial charge in [0, 0.05) is 25.8 Å². The molecule has 0 saturated carbocycles. The van der Waals surface area contributed by atoms with E-state index in [1.165, 1.54) is 7.11 Å². The third-order valence-electron chi connectivity index (χ3n) is 2.96. The Labute approximate surface area is 106 Å². The quantitative estimate of drug-likeness (QED) is 0.695. The molecular formula is C13H18N2O3. The zero-order chi connectivity index (χ0) is 13.0. The van der Waals surface area contributed by atoms with Gasteiger partial charge in [0.15, 0.2) is 0 Å². The summed E-state index contributed by atoms with van der Waals surface area (Å²) in [5, 5.41) is 15.3. The van der Waals surface area contributed by atoms with E-state index in [4.69, 9.17) is 4.74 Å². The second-order valence-corrected chi connectivity index (χ2v) is 4.41. The van der Waals surface area contributed by atoms with Crippen LogP contribution in [0.15, 0.2) is 24.3 Å². The van der Waals surface area contributed by atoms with Crippen LogP contribution in [0, 0.1) is 0 Å². The second-order valence-electron chi connectivity index (χ2n) is 4.41. The number of amides is 1. The van der Waals surface area contributed by atoms with E-state index >= 15 is 0 Å². The van der Waals surface area contributed by atoms with Crippen LogP contribution in [0.4, 0.5) is 5.69 Å². The van der Waals surface area contributed by atoms with Crippen molar-refractivity contribution in [3.8, 4) is 0 Å². The van der Waals surface area contributed by atoms with Gasteiger partial charge < -0.3 is 20.5 Å². The van der Waals surface area contributed by atoms with Gasteiger partial charge in [-0.3, -0.25) is 4.79 Å². The van der Waals surface area contributed by atoms with E-state index in [-0.39, 0.29) is 25.1 Å². The van der Waals surface area contributed by atoms with E-state index in [1.807, 2.05) is 24.3 Å². The summed E-state index contributed by atoms with van der Waals surface area (Å²) in [6.07, 6.45) is 0.0188. The summed E-state index contributed by atoms with van der Waals surface area (Å²) < 4.78 is 4.80. The molecule has 2 unspecified atom stereocenters. The molecule has 1 amide bonds. The van der Waals surface area contributed by atoms with Gasteiger partial charge in [0.1, 0.15) is 6.04 Å². The lowest BCUT2D eigenvalue weighted by Gasteiger charge is -2.14. The number of anilines is 1. The molecule has 1 aliphatic rings. The number of carbonyl (C=O) groups excluding carboxylic acids is 1. The van der Waals surface area contributed by atoms with Crippen LogP contribution < -0.4 is 10.6 Å². The molecule has 2 rings (SSSR count). The molecule has 1 aliphatic heterocycles. The molecule has 5 nitrogen and oxygen atoms in total. The van der Waals surface area contributed by atoms with Crippen LogP contribution in [-0.4, -0.2) is 43.4 Å². The predicted octanol–water partition coefficient (Wildman–Crippen LogP) is 0.147. The number of aliphatic hydroxyl groups is 1. The molecule has 3 N–H and O–H groups in total. The molecule has 0 radical (unpaired) electrons.